The largest absolute Gasteiger partial charge is 0.494 e. The van der Waals surface area contributed by atoms with Crippen LogP contribution in [0, 0.1) is 5.82 Å². The standard InChI is InChI=1S/C20H19FN4O3S/c1-12(13-8-9-16(28-2)15(21)10-13)24-25-20-23-18(26)11-17(29-20)19(27)22-14-6-4-3-5-7-14/h3-10,17H,11H2,1-2H3,(H,22,27)(H,23,25,26)/b24-12-/t17-/m0/s1. The number of thioether (sulfide) groups is 1. The zero-order valence-corrected chi connectivity index (χ0v) is 16.6. The normalized spacial score (nSPS) is 18.3. The number of carbonyl (C=O) groups excluding carboxylic acids is 2. The number of amidine groups is 1. The lowest BCUT2D eigenvalue weighted by atomic mass is 10.1. The number of halogens is 1. The van der Waals surface area contributed by atoms with Crippen LogP contribution in [0.5, 0.6) is 5.75 Å². The summed E-state index contributed by atoms with van der Waals surface area (Å²) >= 11 is 1.11. The molecule has 1 aliphatic rings. The Balaban J connectivity index is 1.71. The molecule has 0 radical (unpaired) electrons. The summed E-state index contributed by atoms with van der Waals surface area (Å²) in [5.74, 6) is -0.985. The first-order valence-corrected chi connectivity index (χ1v) is 9.63. The predicted molar refractivity (Wildman–Crippen MR) is 112 cm³/mol. The number of hydrogen-bond acceptors (Lipinski definition) is 6. The fourth-order valence-corrected chi connectivity index (χ4v) is 3.48. The summed E-state index contributed by atoms with van der Waals surface area (Å²) in [6.07, 6.45) is 0.0364. The molecule has 9 heteroatoms. The maximum atomic E-state index is 13.9. The molecule has 2 amide bonds. The molecule has 0 aliphatic carbocycles. The summed E-state index contributed by atoms with van der Waals surface area (Å²) in [6.45, 7) is 1.67. The molecule has 150 valence electrons. The Bertz CT molecular complexity index is 979. The number of nitrogens with one attached hydrogen (secondary N) is 2. The highest BCUT2D eigenvalue weighted by Gasteiger charge is 2.30. The second-order valence-corrected chi connectivity index (χ2v) is 7.35. The van der Waals surface area contributed by atoms with E-state index in [2.05, 4.69) is 20.8 Å². The fraction of sp³-hybridized carbons (Fsp3) is 0.200. The Morgan fingerprint density at radius 1 is 1.28 bits per heavy atom. The maximum absolute atomic E-state index is 13.9. The molecule has 0 unspecified atom stereocenters. The Labute approximate surface area is 171 Å². The number of anilines is 1. The Kier molecular flexibility index (Phi) is 6.61. The van der Waals surface area contributed by atoms with Crippen molar-refractivity contribution in [2.24, 2.45) is 10.2 Å². The molecule has 1 heterocycles. The van der Waals surface area contributed by atoms with Crippen LogP contribution < -0.4 is 15.4 Å². The summed E-state index contributed by atoms with van der Waals surface area (Å²) < 4.78 is 18.7. The van der Waals surface area contributed by atoms with Gasteiger partial charge in [0.15, 0.2) is 16.7 Å². The molecule has 7 nitrogen and oxygen atoms in total. The van der Waals surface area contributed by atoms with Crippen LogP contribution in [0.25, 0.3) is 0 Å². The van der Waals surface area contributed by atoms with Crippen molar-refractivity contribution in [3.05, 3.63) is 59.9 Å². The van der Waals surface area contributed by atoms with Crippen molar-refractivity contribution in [2.75, 3.05) is 12.4 Å². The molecule has 2 aromatic carbocycles. The van der Waals surface area contributed by atoms with Crippen molar-refractivity contribution >= 4 is 40.1 Å². The number of hydrogen-bond donors (Lipinski definition) is 2. The van der Waals surface area contributed by atoms with Crippen molar-refractivity contribution in [2.45, 2.75) is 18.6 Å². The van der Waals surface area contributed by atoms with Gasteiger partial charge in [0.25, 0.3) is 0 Å². The van der Waals surface area contributed by atoms with Gasteiger partial charge in [-0.15, -0.1) is 5.10 Å². The minimum absolute atomic E-state index is 0.0364. The Morgan fingerprint density at radius 2 is 2.03 bits per heavy atom. The van der Waals surface area contributed by atoms with Gasteiger partial charge in [-0.2, -0.15) is 5.10 Å². The number of benzene rings is 2. The molecule has 1 saturated heterocycles. The van der Waals surface area contributed by atoms with E-state index in [0.717, 1.165) is 11.8 Å². The van der Waals surface area contributed by atoms with Crippen LogP contribution >= 0.6 is 11.8 Å². The molecule has 0 bridgehead atoms. The molecule has 2 aromatic rings. The van der Waals surface area contributed by atoms with Gasteiger partial charge in [-0.05, 0) is 37.3 Å². The molecule has 0 aromatic heterocycles. The van der Waals surface area contributed by atoms with Gasteiger partial charge >= 0.3 is 0 Å². The van der Waals surface area contributed by atoms with Crippen LogP contribution in [0.1, 0.15) is 18.9 Å². The summed E-state index contributed by atoms with van der Waals surface area (Å²) in [5, 5.41) is 13.0. The second-order valence-electron chi connectivity index (χ2n) is 6.15. The van der Waals surface area contributed by atoms with Gasteiger partial charge in [0.05, 0.1) is 12.8 Å². The van der Waals surface area contributed by atoms with Gasteiger partial charge in [-0.1, -0.05) is 30.0 Å². The minimum Gasteiger partial charge on any atom is -0.494 e. The molecule has 0 saturated carbocycles. The first-order valence-electron chi connectivity index (χ1n) is 8.75. The smallest absolute Gasteiger partial charge is 0.238 e. The van der Waals surface area contributed by atoms with Crippen LogP contribution in [-0.2, 0) is 9.59 Å². The molecule has 1 fully saturated rings. The van der Waals surface area contributed by atoms with E-state index in [0.29, 0.717) is 17.0 Å². The van der Waals surface area contributed by atoms with Crippen LogP contribution in [0.15, 0.2) is 58.7 Å². The Morgan fingerprint density at radius 3 is 2.72 bits per heavy atom. The average molecular weight is 414 g/mol. The van der Waals surface area contributed by atoms with E-state index in [4.69, 9.17) is 4.74 Å². The highest BCUT2D eigenvalue weighted by molar-refractivity contribution is 8.15. The van der Waals surface area contributed by atoms with Gasteiger partial charge in [0, 0.05) is 17.7 Å². The quantitative estimate of drug-likeness (QED) is 0.581. The van der Waals surface area contributed by atoms with E-state index in [1.165, 1.54) is 19.2 Å². The zero-order valence-electron chi connectivity index (χ0n) is 15.8. The van der Waals surface area contributed by atoms with E-state index in [-0.39, 0.29) is 29.2 Å². The monoisotopic (exact) mass is 414 g/mol. The predicted octanol–water partition coefficient (Wildman–Crippen LogP) is 3.17. The van der Waals surface area contributed by atoms with Crippen molar-refractivity contribution in [3.63, 3.8) is 0 Å². The van der Waals surface area contributed by atoms with E-state index < -0.39 is 11.1 Å². The first kappa shape index (κ1) is 20.5. The zero-order chi connectivity index (χ0) is 20.8. The molecule has 2 N–H and O–H groups in total. The summed E-state index contributed by atoms with van der Waals surface area (Å²) in [5.41, 5.74) is 1.63. The molecule has 29 heavy (non-hydrogen) atoms. The van der Waals surface area contributed by atoms with E-state index in [9.17, 15) is 14.0 Å². The number of rotatable bonds is 5. The molecular weight excluding hydrogens is 395 g/mol. The van der Waals surface area contributed by atoms with E-state index in [1.54, 1.807) is 25.1 Å². The fourth-order valence-electron chi connectivity index (χ4n) is 2.55. The third-order valence-electron chi connectivity index (χ3n) is 4.07. The highest BCUT2D eigenvalue weighted by Crippen LogP contribution is 2.23. The van der Waals surface area contributed by atoms with Crippen LogP contribution in [0.3, 0.4) is 0 Å². The topological polar surface area (TPSA) is 92.2 Å². The number of carbonyl (C=O) groups is 2. The number of amides is 2. The lowest BCUT2D eigenvalue weighted by Crippen LogP contribution is -2.41. The lowest BCUT2D eigenvalue weighted by Gasteiger charge is -2.21. The van der Waals surface area contributed by atoms with Crippen molar-refractivity contribution in [3.8, 4) is 5.75 Å². The molecular formula is C20H19FN4O3S. The Hall–Kier alpha value is -3.20. The van der Waals surface area contributed by atoms with Gasteiger partial charge in [-0.3, -0.25) is 9.59 Å². The maximum Gasteiger partial charge on any atom is 0.238 e. The summed E-state index contributed by atoms with van der Waals surface area (Å²) in [4.78, 5) is 24.4. The third kappa shape index (κ3) is 5.41. The minimum atomic E-state index is -0.628. The molecule has 1 aliphatic heterocycles. The number of ether oxygens (including phenoxy) is 1. The number of para-hydroxylation sites is 1. The van der Waals surface area contributed by atoms with E-state index in [1.807, 2.05) is 18.2 Å². The van der Waals surface area contributed by atoms with E-state index >= 15 is 0 Å². The van der Waals surface area contributed by atoms with Crippen molar-refractivity contribution < 1.29 is 18.7 Å². The van der Waals surface area contributed by atoms with Gasteiger partial charge in [0.2, 0.25) is 11.8 Å². The molecule has 3 rings (SSSR count). The van der Waals surface area contributed by atoms with Gasteiger partial charge < -0.3 is 15.4 Å². The van der Waals surface area contributed by atoms with Gasteiger partial charge in [0.1, 0.15) is 5.25 Å². The molecule has 1 atom stereocenters. The van der Waals surface area contributed by atoms with Crippen LogP contribution in [0.4, 0.5) is 10.1 Å². The second kappa shape index (κ2) is 9.33. The van der Waals surface area contributed by atoms with Gasteiger partial charge in [-0.25, -0.2) is 4.39 Å². The lowest BCUT2D eigenvalue weighted by molar-refractivity contribution is -0.123. The SMILES string of the molecule is COc1ccc(/C(C)=N\N=C2\NC(=O)C[C@@H](C(=O)Nc3ccccc3)S2)cc1F. The van der Waals surface area contributed by atoms with Crippen molar-refractivity contribution in [1.82, 2.24) is 5.32 Å². The first-order chi connectivity index (χ1) is 14.0. The number of nitrogens with zero attached hydrogens (tertiary/aromatic N) is 2. The summed E-state index contributed by atoms with van der Waals surface area (Å²) in [6, 6.07) is 13.4. The average Bonchev–Trinajstić information content (AvgIpc) is 2.72. The van der Waals surface area contributed by atoms with Crippen LogP contribution in [-0.4, -0.2) is 35.1 Å². The highest BCUT2D eigenvalue weighted by atomic mass is 32.2. The molecule has 0 spiro atoms. The van der Waals surface area contributed by atoms with Crippen molar-refractivity contribution in [1.29, 1.82) is 0 Å². The third-order valence-corrected chi connectivity index (χ3v) is 5.14. The summed E-state index contributed by atoms with van der Waals surface area (Å²) in [7, 11) is 1.39. The van der Waals surface area contributed by atoms with Crippen LogP contribution in [0.2, 0.25) is 0 Å². The number of methoxy groups -OCH3 is 1.